The highest BCUT2D eigenvalue weighted by molar-refractivity contribution is 6.36. The maximum atomic E-state index is 11.4. The summed E-state index contributed by atoms with van der Waals surface area (Å²) in [5, 5.41) is 0. The summed E-state index contributed by atoms with van der Waals surface area (Å²) in [6, 6.07) is 6.82. The molecular weight excluding hydrogens is 301 g/mol. The van der Waals surface area contributed by atoms with Gasteiger partial charge < -0.3 is 23.4 Å². The fourth-order valence-corrected chi connectivity index (χ4v) is 2.55. The molecule has 2 bridgehead atoms. The average molecular weight is 321 g/mol. The molecule has 7 nitrogen and oxygen atoms in total. The highest BCUT2D eigenvalue weighted by atomic mass is 16.7. The molecule has 3 aliphatic rings. The summed E-state index contributed by atoms with van der Waals surface area (Å²) in [6.45, 7) is 4.11. The number of hydrogen-bond acceptors (Lipinski definition) is 7. The van der Waals surface area contributed by atoms with Gasteiger partial charge in [0.2, 0.25) is 0 Å². The van der Waals surface area contributed by atoms with Crippen molar-refractivity contribution in [2.45, 2.75) is 6.10 Å². The summed E-state index contributed by atoms with van der Waals surface area (Å²) in [5.41, 5.74) is 0.490. The fourth-order valence-electron chi connectivity index (χ4n) is 2.55. The van der Waals surface area contributed by atoms with E-state index in [1.54, 1.807) is 24.3 Å². The fraction of sp³-hybridized carbons (Fsp3) is 0.533. The molecule has 23 heavy (non-hydrogen) atoms. The molecular formula is C15H20BNO6. The zero-order valence-electron chi connectivity index (χ0n) is 13.1. The molecule has 0 radical (unpaired) electrons. The lowest BCUT2D eigenvalue weighted by molar-refractivity contribution is -0.0321. The molecule has 0 aliphatic carbocycles. The van der Waals surface area contributed by atoms with Crippen LogP contribution in [0.25, 0.3) is 0 Å². The van der Waals surface area contributed by atoms with Crippen LogP contribution >= 0.6 is 0 Å². The average Bonchev–Trinajstić information content (AvgIpc) is 2.52. The number of carbonyl (C=O) groups excluding carboxylic acids is 1. The summed E-state index contributed by atoms with van der Waals surface area (Å²) in [5.74, 6) is 0.306. The van der Waals surface area contributed by atoms with E-state index >= 15 is 0 Å². The van der Waals surface area contributed by atoms with Crippen LogP contribution in [0, 0.1) is 0 Å². The van der Waals surface area contributed by atoms with E-state index in [1.807, 2.05) is 0 Å². The molecule has 0 N–H and O–H groups in total. The van der Waals surface area contributed by atoms with Crippen molar-refractivity contribution in [1.82, 2.24) is 4.90 Å². The first-order valence-electron chi connectivity index (χ1n) is 7.67. The second kappa shape index (κ2) is 7.78. The van der Waals surface area contributed by atoms with Gasteiger partial charge >= 0.3 is 13.3 Å². The molecule has 0 aromatic heterocycles. The van der Waals surface area contributed by atoms with Crippen LogP contribution < -0.4 is 4.74 Å². The Morgan fingerprint density at radius 2 is 1.96 bits per heavy atom. The van der Waals surface area contributed by atoms with Crippen LogP contribution in [0.2, 0.25) is 0 Å². The van der Waals surface area contributed by atoms with Crippen LogP contribution in [0.3, 0.4) is 0 Å². The van der Waals surface area contributed by atoms with Gasteiger partial charge in [-0.05, 0) is 24.3 Å². The molecule has 0 amide bonds. The smallest absolute Gasteiger partial charge is 0.491 e. The minimum absolute atomic E-state index is 0.138. The third-order valence-corrected chi connectivity index (χ3v) is 3.80. The summed E-state index contributed by atoms with van der Waals surface area (Å²) in [7, 11) is 0.738. The molecule has 4 rings (SSSR count). The number of nitrogens with zero attached hydrogens (tertiary/aromatic N) is 1. The van der Waals surface area contributed by atoms with Crippen LogP contribution in [0.4, 0.5) is 0 Å². The molecule has 1 unspecified atom stereocenters. The third kappa shape index (κ3) is 4.45. The van der Waals surface area contributed by atoms with Gasteiger partial charge in [-0.25, -0.2) is 4.79 Å². The maximum Gasteiger partial charge on any atom is 0.639 e. The number of esters is 1. The summed E-state index contributed by atoms with van der Waals surface area (Å²) in [4.78, 5) is 13.6. The van der Waals surface area contributed by atoms with Gasteiger partial charge in [0.1, 0.15) is 12.4 Å². The monoisotopic (exact) mass is 321 g/mol. The Hall–Kier alpha value is -1.61. The highest BCUT2D eigenvalue weighted by Gasteiger charge is 2.32. The maximum absolute atomic E-state index is 11.4. The van der Waals surface area contributed by atoms with Crippen molar-refractivity contribution in [3.05, 3.63) is 29.8 Å². The van der Waals surface area contributed by atoms with E-state index in [4.69, 9.17) is 18.7 Å². The van der Waals surface area contributed by atoms with E-state index in [0.29, 0.717) is 31.1 Å². The lowest BCUT2D eigenvalue weighted by Crippen LogP contribution is -2.51. The standard InChI is InChI=1S/C15H20BNO6/c1-19-15(18)12-2-4-13(5-3-12)20-11-14-10-17-6-8-21-16(23-14)22-9-7-17/h2-5,14H,6-11H2,1H3. The van der Waals surface area contributed by atoms with E-state index in [1.165, 1.54) is 7.11 Å². The zero-order valence-corrected chi connectivity index (χ0v) is 13.1. The van der Waals surface area contributed by atoms with Crippen LogP contribution in [-0.2, 0) is 18.7 Å². The van der Waals surface area contributed by atoms with Gasteiger partial charge in [0.05, 0.1) is 18.8 Å². The van der Waals surface area contributed by atoms with Crippen molar-refractivity contribution in [1.29, 1.82) is 0 Å². The molecule has 3 fully saturated rings. The van der Waals surface area contributed by atoms with Crippen molar-refractivity contribution >= 4 is 13.3 Å². The predicted molar refractivity (Wildman–Crippen MR) is 82.2 cm³/mol. The van der Waals surface area contributed by atoms with Gasteiger partial charge in [0, 0.05) is 32.8 Å². The molecule has 3 heterocycles. The molecule has 0 saturated carbocycles. The van der Waals surface area contributed by atoms with Gasteiger partial charge in [0.15, 0.2) is 0 Å². The molecule has 0 spiro atoms. The lowest BCUT2D eigenvalue weighted by Gasteiger charge is -2.34. The Kier molecular flexibility index (Phi) is 5.50. The van der Waals surface area contributed by atoms with E-state index in [0.717, 1.165) is 19.6 Å². The first-order valence-corrected chi connectivity index (χ1v) is 7.67. The quantitative estimate of drug-likeness (QED) is 0.594. The molecule has 3 aliphatic heterocycles. The Labute approximate surface area is 135 Å². The number of hydrogen-bond donors (Lipinski definition) is 0. The third-order valence-electron chi connectivity index (χ3n) is 3.80. The minimum Gasteiger partial charge on any atom is -0.491 e. The molecule has 1 aromatic carbocycles. The molecule has 3 saturated heterocycles. The topological polar surface area (TPSA) is 66.5 Å². The van der Waals surface area contributed by atoms with Crippen molar-refractivity contribution in [3.63, 3.8) is 0 Å². The van der Waals surface area contributed by atoms with Crippen molar-refractivity contribution in [2.24, 2.45) is 0 Å². The molecule has 1 atom stereocenters. The summed E-state index contributed by atoms with van der Waals surface area (Å²) >= 11 is 0. The Morgan fingerprint density at radius 1 is 1.26 bits per heavy atom. The number of benzene rings is 1. The number of methoxy groups -OCH3 is 1. The Morgan fingerprint density at radius 3 is 2.61 bits per heavy atom. The number of ether oxygens (including phenoxy) is 2. The Balaban J connectivity index is 1.55. The number of fused-ring (bicyclic) bond motifs is 6. The van der Waals surface area contributed by atoms with Crippen LogP contribution in [0.15, 0.2) is 24.3 Å². The lowest BCUT2D eigenvalue weighted by atomic mass is 10.1. The number of rotatable bonds is 4. The van der Waals surface area contributed by atoms with Gasteiger partial charge in [-0.3, -0.25) is 4.90 Å². The summed E-state index contributed by atoms with van der Waals surface area (Å²) < 4.78 is 27.2. The molecule has 1 aromatic rings. The normalized spacial score (nSPS) is 24.5. The van der Waals surface area contributed by atoms with Crippen LogP contribution in [-0.4, -0.2) is 70.9 Å². The van der Waals surface area contributed by atoms with Gasteiger partial charge in [-0.2, -0.15) is 0 Å². The van der Waals surface area contributed by atoms with Crippen molar-refractivity contribution in [3.8, 4) is 5.75 Å². The van der Waals surface area contributed by atoms with Crippen LogP contribution in [0.1, 0.15) is 10.4 Å². The van der Waals surface area contributed by atoms with Gasteiger partial charge in [-0.1, -0.05) is 0 Å². The van der Waals surface area contributed by atoms with E-state index in [2.05, 4.69) is 9.64 Å². The highest BCUT2D eigenvalue weighted by Crippen LogP contribution is 2.15. The molecule has 124 valence electrons. The first kappa shape index (κ1) is 16.3. The number of carbonyl (C=O) groups is 1. The van der Waals surface area contributed by atoms with E-state index in [-0.39, 0.29) is 12.1 Å². The molecule has 8 heteroatoms. The predicted octanol–water partition coefficient (Wildman–Crippen LogP) is 0.585. The van der Waals surface area contributed by atoms with Gasteiger partial charge in [-0.15, -0.1) is 0 Å². The van der Waals surface area contributed by atoms with E-state index < -0.39 is 7.32 Å². The zero-order chi connectivity index (χ0) is 16.1. The second-order valence-electron chi connectivity index (χ2n) is 5.42. The Bertz CT molecular complexity index is 501. The van der Waals surface area contributed by atoms with Crippen molar-refractivity contribution < 1.29 is 28.2 Å². The van der Waals surface area contributed by atoms with Crippen molar-refractivity contribution in [2.75, 3.05) is 46.6 Å². The first-order chi connectivity index (χ1) is 11.2. The minimum atomic E-state index is -0.618. The largest absolute Gasteiger partial charge is 0.639 e. The second-order valence-corrected chi connectivity index (χ2v) is 5.42. The summed E-state index contributed by atoms with van der Waals surface area (Å²) in [6.07, 6.45) is -0.138. The SMILES string of the molecule is COC(=O)c1ccc(OCC2CN3CCOB(OCC3)O2)cc1. The van der Waals surface area contributed by atoms with Crippen LogP contribution in [0.5, 0.6) is 5.75 Å². The van der Waals surface area contributed by atoms with E-state index in [9.17, 15) is 4.79 Å². The van der Waals surface area contributed by atoms with Gasteiger partial charge in [0.25, 0.3) is 0 Å².